The number of nitrogens with zero attached hydrogens (tertiary/aromatic N) is 6. The molecule has 0 aliphatic carbocycles. The molecule has 0 N–H and O–H groups in total. The zero-order chi connectivity index (χ0) is 45.4. The highest BCUT2D eigenvalue weighted by atomic mass is 15.2. The van der Waals surface area contributed by atoms with Gasteiger partial charge in [-0.2, -0.15) is 9.97 Å². The maximum atomic E-state index is 5.45. The third-order valence-corrected chi connectivity index (χ3v) is 13.7. The summed E-state index contributed by atoms with van der Waals surface area (Å²) < 4.78 is 7.24. The largest absolute Gasteiger partial charge is 0.307 e. The Morgan fingerprint density at radius 3 is 1.23 bits per heavy atom. The van der Waals surface area contributed by atoms with Crippen molar-refractivity contribution < 1.29 is 0 Å². The zero-order valence-corrected chi connectivity index (χ0v) is 37.3. The molecule has 0 radical (unpaired) electrons. The van der Waals surface area contributed by atoms with E-state index in [2.05, 4.69) is 232 Å². The van der Waals surface area contributed by atoms with Gasteiger partial charge in [0, 0.05) is 49.1 Å². The smallest absolute Gasteiger partial charge is 0.238 e. The van der Waals surface area contributed by atoms with Crippen molar-refractivity contribution in [3.63, 3.8) is 0 Å². The van der Waals surface area contributed by atoms with Crippen molar-refractivity contribution in [3.05, 3.63) is 243 Å². The average Bonchev–Trinajstić information content (AvgIpc) is 4.08. The molecule has 6 heteroatoms. The van der Waals surface area contributed by atoms with Crippen LogP contribution in [0.2, 0.25) is 0 Å². The normalized spacial score (nSPS) is 11.8. The van der Waals surface area contributed by atoms with E-state index in [0.717, 1.165) is 99.4 Å². The zero-order valence-electron chi connectivity index (χ0n) is 37.3. The Morgan fingerprint density at radius 2 is 0.652 bits per heavy atom. The summed E-state index contributed by atoms with van der Waals surface area (Å²) in [6.07, 6.45) is 0. The van der Waals surface area contributed by atoms with Crippen LogP contribution >= 0.6 is 0 Å². The Balaban J connectivity index is 1.13. The lowest BCUT2D eigenvalue weighted by molar-refractivity contribution is 0.953. The van der Waals surface area contributed by atoms with Gasteiger partial charge >= 0.3 is 0 Å². The van der Waals surface area contributed by atoms with Gasteiger partial charge in [-0.15, -0.1) is 0 Å². The van der Waals surface area contributed by atoms with Crippen LogP contribution in [0.3, 0.4) is 0 Å². The summed E-state index contributed by atoms with van der Waals surface area (Å²) in [5.41, 5.74) is 15.0. The SMILES string of the molecule is c1ccc(-c2ccc(-c3nc(-c4ccccc4)nc(-n4c5ccccc5c5ccc6c7ccccc7n(-c7cc(-c8ccccc8)cc8c9ccccc9n(-c9ccccc9)c78)c6c54)n3)cc2)cc1. The fraction of sp³-hybridized carbons (Fsp3) is 0. The van der Waals surface area contributed by atoms with Crippen molar-refractivity contribution >= 4 is 65.4 Å². The van der Waals surface area contributed by atoms with Crippen molar-refractivity contribution in [2.24, 2.45) is 0 Å². The number of hydrogen-bond donors (Lipinski definition) is 0. The fourth-order valence-corrected chi connectivity index (χ4v) is 10.6. The molecule has 4 heterocycles. The lowest BCUT2D eigenvalue weighted by Crippen LogP contribution is -2.07. The van der Waals surface area contributed by atoms with Gasteiger partial charge in [0.25, 0.3) is 0 Å². The topological polar surface area (TPSA) is 53.5 Å². The Labute approximate surface area is 397 Å². The molecular formula is C63H40N6. The highest BCUT2D eigenvalue weighted by Gasteiger charge is 2.26. The first-order valence-electron chi connectivity index (χ1n) is 23.4. The minimum Gasteiger partial charge on any atom is -0.307 e. The fourth-order valence-electron chi connectivity index (χ4n) is 10.6. The van der Waals surface area contributed by atoms with Crippen LogP contribution in [0.1, 0.15) is 0 Å². The number of fused-ring (bicyclic) bond motifs is 10. The van der Waals surface area contributed by atoms with Crippen molar-refractivity contribution in [1.82, 2.24) is 28.7 Å². The molecule has 10 aromatic carbocycles. The van der Waals surface area contributed by atoms with Gasteiger partial charge in [0.1, 0.15) is 0 Å². The number of benzene rings is 10. The van der Waals surface area contributed by atoms with E-state index in [1.54, 1.807) is 0 Å². The molecule has 0 spiro atoms. The Hall–Kier alpha value is -9.39. The van der Waals surface area contributed by atoms with Gasteiger partial charge in [-0.1, -0.05) is 200 Å². The molecule has 6 nitrogen and oxygen atoms in total. The van der Waals surface area contributed by atoms with E-state index < -0.39 is 0 Å². The first kappa shape index (κ1) is 38.8. The standard InChI is InChI=1S/C63H40N6/c1-5-19-41(20-6-1)43-33-35-45(36-34-43)62-64-61(44-23-9-3-10-24-44)65-63(66-62)69-56-32-18-14-28-49(56)52-38-37-51-48-27-13-17-31-55(48)68(59(51)60(52)69)57-40-46(42-21-7-2-8-22-42)39-53-50-29-15-16-30-54(50)67(58(53)57)47-25-11-4-12-26-47/h1-40H. The van der Waals surface area contributed by atoms with Crippen LogP contribution in [-0.4, -0.2) is 28.7 Å². The molecular weight excluding hydrogens is 841 g/mol. The Bertz CT molecular complexity index is 4270. The highest BCUT2D eigenvalue weighted by Crippen LogP contribution is 2.45. The Kier molecular flexibility index (Phi) is 8.79. The van der Waals surface area contributed by atoms with Crippen LogP contribution in [0, 0.1) is 0 Å². The van der Waals surface area contributed by atoms with Gasteiger partial charge in [0.2, 0.25) is 5.95 Å². The van der Waals surface area contributed by atoms with Crippen LogP contribution < -0.4 is 0 Å². The van der Waals surface area contributed by atoms with Crippen molar-refractivity contribution in [1.29, 1.82) is 0 Å². The van der Waals surface area contributed by atoms with E-state index in [-0.39, 0.29) is 0 Å². The molecule has 0 saturated carbocycles. The highest BCUT2D eigenvalue weighted by molar-refractivity contribution is 6.25. The molecule has 69 heavy (non-hydrogen) atoms. The van der Waals surface area contributed by atoms with E-state index in [1.807, 2.05) is 24.3 Å². The summed E-state index contributed by atoms with van der Waals surface area (Å²) in [5.74, 6) is 1.75. The third kappa shape index (κ3) is 6.16. The van der Waals surface area contributed by atoms with Crippen molar-refractivity contribution in [2.45, 2.75) is 0 Å². The summed E-state index contributed by atoms with van der Waals surface area (Å²) in [6.45, 7) is 0. The van der Waals surface area contributed by atoms with Crippen molar-refractivity contribution in [3.8, 4) is 62.4 Å². The van der Waals surface area contributed by atoms with Crippen LogP contribution in [0.15, 0.2) is 243 Å². The lowest BCUT2D eigenvalue weighted by atomic mass is 10.0. The lowest BCUT2D eigenvalue weighted by Gasteiger charge is -2.17. The van der Waals surface area contributed by atoms with Crippen LogP contribution in [0.25, 0.3) is 128 Å². The molecule has 0 saturated heterocycles. The van der Waals surface area contributed by atoms with Crippen LogP contribution in [0.5, 0.6) is 0 Å². The first-order chi connectivity index (χ1) is 34.2. The van der Waals surface area contributed by atoms with Gasteiger partial charge in [0.05, 0.1) is 38.8 Å². The maximum Gasteiger partial charge on any atom is 0.238 e. The summed E-state index contributed by atoms with van der Waals surface area (Å²) >= 11 is 0. The minimum atomic E-state index is 0.545. The second-order valence-electron chi connectivity index (χ2n) is 17.6. The molecule has 0 atom stereocenters. The Morgan fingerprint density at radius 1 is 0.246 bits per heavy atom. The summed E-state index contributed by atoms with van der Waals surface area (Å²) in [4.78, 5) is 16.1. The number of hydrogen-bond acceptors (Lipinski definition) is 3. The summed E-state index contributed by atoms with van der Waals surface area (Å²) in [6, 6.07) is 86.4. The molecule has 0 amide bonds. The molecule has 0 bridgehead atoms. The molecule has 0 aliphatic rings. The van der Waals surface area contributed by atoms with Gasteiger partial charge in [-0.05, 0) is 64.7 Å². The van der Waals surface area contributed by atoms with Crippen molar-refractivity contribution in [2.75, 3.05) is 0 Å². The van der Waals surface area contributed by atoms with Crippen LogP contribution in [0.4, 0.5) is 0 Å². The van der Waals surface area contributed by atoms with Crippen LogP contribution in [-0.2, 0) is 0 Å². The minimum absolute atomic E-state index is 0.545. The predicted molar refractivity (Wildman–Crippen MR) is 285 cm³/mol. The first-order valence-corrected chi connectivity index (χ1v) is 23.4. The van der Waals surface area contributed by atoms with Gasteiger partial charge < -0.3 is 9.13 Å². The quantitative estimate of drug-likeness (QED) is 0.160. The number of rotatable bonds is 7. The summed E-state index contributed by atoms with van der Waals surface area (Å²) in [7, 11) is 0. The molecule has 4 aromatic heterocycles. The number of para-hydroxylation sites is 4. The monoisotopic (exact) mass is 880 g/mol. The number of aromatic nitrogens is 6. The summed E-state index contributed by atoms with van der Waals surface area (Å²) in [5, 5.41) is 6.89. The molecule has 0 aliphatic heterocycles. The maximum absolute atomic E-state index is 5.45. The molecule has 0 fully saturated rings. The van der Waals surface area contributed by atoms with E-state index in [1.165, 1.54) is 10.8 Å². The average molecular weight is 881 g/mol. The second-order valence-corrected chi connectivity index (χ2v) is 17.6. The van der Waals surface area contributed by atoms with E-state index in [0.29, 0.717) is 17.6 Å². The third-order valence-electron chi connectivity index (χ3n) is 13.7. The predicted octanol–water partition coefficient (Wildman–Crippen LogP) is 15.8. The van der Waals surface area contributed by atoms with E-state index in [9.17, 15) is 0 Å². The molecule has 0 unspecified atom stereocenters. The molecule has 14 aromatic rings. The van der Waals surface area contributed by atoms with Gasteiger partial charge in [-0.3, -0.25) is 4.57 Å². The van der Waals surface area contributed by atoms with E-state index >= 15 is 0 Å². The van der Waals surface area contributed by atoms with E-state index in [4.69, 9.17) is 15.0 Å². The van der Waals surface area contributed by atoms with Gasteiger partial charge in [0.15, 0.2) is 11.6 Å². The molecule has 322 valence electrons. The van der Waals surface area contributed by atoms with Gasteiger partial charge in [-0.25, -0.2) is 4.98 Å². The molecule has 14 rings (SSSR count). The second kappa shape index (κ2) is 15.6.